The summed E-state index contributed by atoms with van der Waals surface area (Å²) < 4.78 is 5.11. The third kappa shape index (κ3) is 7.84. The second-order valence-electron chi connectivity index (χ2n) is 9.59. The molecule has 0 saturated heterocycles. The average molecular weight is 582 g/mol. The monoisotopic (exact) mass is 581 g/mol. The zero-order valence-corrected chi connectivity index (χ0v) is 25.0. The van der Waals surface area contributed by atoms with Crippen molar-refractivity contribution >= 4 is 68.7 Å². The zero-order chi connectivity index (χ0) is 27.8. The maximum absolute atomic E-state index is 13.4. The Labute approximate surface area is 244 Å². The molecule has 9 heteroatoms. The summed E-state index contributed by atoms with van der Waals surface area (Å²) in [6, 6.07) is 15.9. The minimum absolute atomic E-state index is 0.114. The summed E-state index contributed by atoms with van der Waals surface area (Å²) in [7, 11) is 1.40. The number of esters is 1. The minimum Gasteiger partial charge on any atom is -0.465 e. The fourth-order valence-corrected chi connectivity index (χ4v) is 7.11. The molecule has 1 aromatic heterocycles. The van der Waals surface area contributed by atoms with Gasteiger partial charge in [-0.2, -0.15) is 0 Å². The Bertz CT molecular complexity index is 1320. The molecule has 3 aromatic rings. The normalized spacial score (nSPS) is 13.8. The number of hydrogen-bond acceptors (Lipinski definition) is 6. The fraction of sp³-hybridized carbons (Fsp3) is 0.367. The van der Waals surface area contributed by atoms with Crippen LogP contribution in [0.15, 0.2) is 53.4 Å². The molecule has 1 heterocycles. The molecule has 1 unspecified atom stereocenters. The molecular formula is C30H35N3O3S3. The minimum atomic E-state index is -0.377. The van der Waals surface area contributed by atoms with Crippen molar-refractivity contribution in [3.8, 4) is 0 Å². The number of anilines is 3. The molecule has 0 fully saturated rings. The van der Waals surface area contributed by atoms with Crippen molar-refractivity contribution in [1.29, 1.82) is 0 Å². The van der Waals surface area contributed by atoms with E-state index in [0.717, 1.165) is 53.9 Å². The van der Waals surface area contributed by atoms with Gasteiger partial charge in [-0.15, -0.1) is 23.1 Å². The quantitative estimate of drug-likeness (QED) is 0.142. The van der Waals surface area contributed by atoms with Gasteiger partial charge in [-0.1, -0.05) is 43.5 Å². The average Bonchev–Trinajstić information content (AvgIpc) is 3.23. The predicted molar refractivity (Wildman–Crippen MR) is 168 cm³/mol. The molecule has 0 radical (unpaired) electrons. The van der Waals surface area contributed by atoms with Crippen LogP contribution in [0.25, 0.3) is 0 Å². The Morgan fingerprint density at radius 1 is 1.00 bits per heavy atom. The van der Waals surface area contributed by atoms with Crippen molar-refractivity contribution in [2.24, 2.45) is 0 Å². The summed E-state index contributed by atoms with van der Waals surface area (Å²) in [6.07, 6.45) is 6.92. The van der Waals surface area contributed by atoms with Gasteiger partial charge in [0.2, 0.25) is 5.91 Å². The molecule has 4 rings (SSSR count). The lowest BCUT2D eigenvalue weighted by Gasteiger charge is -2.16. The number of thiophene rings is 1. The van der Waals surface area contributed by atoms with Crippen LogP contribution in [0.5, 0.6) is 0 Å². The van der Waals surface area contributed by atoms with E-state index in [9.17, 15) is 9.59 Å². The molecule has 39 heavy (non-hydrogen) atoms. The number of aryl methyl sites for hydroxylation is 2. The van der Waals surface area contributed by atoms with Crippen molar-refractivity contribution in [3.63, 3.8) is 0 Å². The van der Waals surface area contributed by atoms with Crippen molar-refractivity contribution < 1.29 is 14.3 Å². The molecule has 1 atom stereocenters. The van der Waals surface area contributed by atoms with Gasteiger partial charge in [0.1, 0.15) is 5.00 Å². The highest BCUT2D eigenvalue weighted by molar-refractivity contribution is 8.00. The number of carbonyl (C=O) groups excluding carboxylic acids is 2. The molecule has 2 aromatic carbocycles. The predicted octanol–water partition coefficient (Wildman–Crippen LogP) is 7.82. The SMILES string of the molecule is CCC(Sc1cccc(NC(=S)Nc2ccc(C)cc2)c1)C(=O)Nc1sc2c(c1C(=O)OC)CCCCCC2. The lowest BCUT2D eigenvalue weighted by atomic mass is 9.96. The highest BCUT2D eigenvalue weighted by Crippen LogP contribution is 2.38. The Morgan fingerprint density at radius 2 is 1.72 bits per heavy atom. The van der Waals surface area contributed by atoms with Crippen LogP contribution < -0.4 is 16.0 Å². The summed E-state index contributed by atoms with van der Waals surface area (Å²) in [5.74, 6) is -0.491. The van der Waals surface area contributed by atoms with Gasteiger partial charge in [-0.3, -0.25) is 4.79 Å². The van der Waals surface area contributed by atoms with E-state index >= 15 is 0 Å². The van der Waals surface area contributed by atoms with E-state index in [2.05, 4.69) is 16.0 Å². The first-order valence-corrected chi connectivity index (χ1v) is 15.4. The van der Waals surface area contributed by atoms with Gasteiger partial charge < -0.3 is 20.7 Å². The Morgan fingerprint density at radius 3 is 2.44 bits per heavy atom. The Balaban J connectivity index is 1.44. The molecule has 6 nitrogen and oxygen atoms in total. The first-order valence-electron chi connectivity index (χ1n) is 13.3. The summed E-state index contributed by atoms with van der Waals surface area (Å²) in [4.78, 5) is 28.3. The highest BCUT2D eigenvalue weighted by Gasteiger charge is 2.28. The van der Waals surface area contributed by atoms with Crippen molar-refractivity contribution in [3.05, 3.63) is 70.1 Å². The molecule has 1 aliphatic rings. The van der Waals surface area contributed by atoms with Gasteiger partial charge in [-0.05, 0) is 87.1 Å². The topological polar surface area (TPSA) is 79.5 Å². The number of thioether (sulfide) groups is 1. The molecule has 206 valence electrons. The van der Waals surface area contributed by atoms with Crippen LogP contribution in [0.1, 0.15) is 65.4 Å². The Hall–Kier alpha value is -2.88. The van der Waals surface area contributed by atoms with Crippen molar-refractivity contribution in [2.75, 3.05) is 23.1 Å². The smallest absolute Gasteiger partial charge is 0.341 e. The first-order chi connectivity index (χ1) is 18.9. The van der Waals surface area contributed by atoms with Gasteiger partial charge in [0, 0.05) is 21.1 Å². The molecule has 0 bridgehead atoms. The third-order valence-corrected chi connectivity index (χ3v) is 9.41. The molecule has 0 aliphatic heterocycles. The number of hydrogen-bond donors (Lipinski definition) is 3. The van der Waals surface area contributed by atoms with E-state index < -0.39 is 0 Å². The number of rotatable bonds is 8. The number of benzene rings is 2. The first kappa shape index (κ1) is 29.1. The number of methoxy groups -OCH3 is 1. The molecule has 0 spiro atoms. The summed E-state index contributed by atoms with van der Waals surface area (Å²) >= 11 is 8.51. The summed E-state index contributed by atoms with van der Waals surface area (Å²) in [5, 5.41) is 10.3. The van der Waals surface area contributed by atoms with Crippen molar-refractivity contribution in [2.45, 2.75) is 68.9 Å². The van der Waals surface area contributed by atoms with Crippen LogP contribution in [0, 0.1) is 6.92 Å². The lowest BCUT2D eigenvalue weighted by Crippen LogP contribution is -2.25. The highest BCUT2D eigenvalue weighted by atomic mass is 32.2. The Kier molecular flexibility index (Phi) is 10.4. The van der Waals surface area contributed by atoms with Crippen LogP contribution in [0.3, 0.4) is 0 Å². The van der Waals surface area contributed by atoms with E-state index in [1.165, 1.54) is 47.1 Å². The van der Waals surface area contributed by atoms with Crippen LogP contribution in [0.4, 0.5) is 16.4 Å². The van der Waals surface area contributed by atoms with Gasteiger partial charge >= 0.3 is 5.97 Å². The summed E-state index contributed by atoms with van der Waals surface area (Å²) in [5.41, 5.74) is 4.53. The number of fused-ring (bicyclic) bond motifs is 1. The fourth-order valence-electron chi connectivity index (χ4n) is 4.58. The number of nitrogens with one attached hydrogen (secondary N) is 3. The lowest BCUT2D eigenvalue weighted by molar-refractivity contribution is -0.115. The molecular weight excluding hydrogens is 547 g/mol. The maximum atomic E-state index is 13.4. The maximum Gasteiger partial charge on any atom is 0.341 e. The number of carbonyl (C=O) groups is 2. The van der Waals surface area contributed by atoms with E-state index in [0.29, 0.717) is 22.1 Å². The van der Waals surface area contributed by atoms with Gasteiger partial charge in [-0.25, -0.2) is 4.79 Å². The van der Waals surface area contributed by atoms with Crippen molar-refractivity contribution in [1.82, 2.24) is 0 Å². The summed E-state index contributed by atoms with van der Waals surface area (Å²) in [6.45, 7) is 4.04. The second kappa shape index (κ2) is 14.0. The third-order valence-electron chi connectivity index (χ3n) is 6.64. The standard InChI is InChI=1S/C30H35N3O3S3/c1-4-24(27(34)33-28-26(29(35)36-3)23-12-7-5-6-8-13-25(23)39-28)38-22-11-9-10-21(18-22)32-30(37)31-20-16-14-19(2)15-17-20/h9-11,14-18,24H,4-8,12-13H2,1-3H3,(H,33,34)(H2,31,32,37). The zero-order valence-electron chi connectivity index (χ0n) is 22.6. The van der Waals surface area contributed by atoms with Crippen LogP contribution >= 0.6 is 35.3 Å². The van der Waals surface area contributed by atoms with Crippen LogP contribution in [-0.2, 0) is 22.4 Å². The van der Waals surface area contributed by atoms with E-state index in [4.69, 9.17) is 17.0 Å². The van der Waals surface area contributed by atoms with Gasteiger partial charge in [0.05, 0.1) is 17.9 Å². The largest absolute Gasteiger partial charge is 0.465 e. The molecule has 1 aliphatic carbocycles. The molecule has 1 amide bonds. The molecule has 0 saturated carbocycles. The molecule has 3 N–H and O–H groups in total. The second-order valence-corrected chi connectivity index (χ2v) is 12.4. The van der Waals surface area contributed by atoms with Gasteiger partial charge in [0.25, 0.3) is 0 Å². The number of amides is 1. The van der Waals surface area contributed by atoms with Gasteiger partial charge in [0.15, 0.2) is 5.11 Å². The van der Waals surface area contributed by atoms with Crippen LogP contribution in [0.2, 0.25) is 0 Å². The van der Waals surface area contributed by atoms with E-state index in [-0.39, 0.29) is 17.1 Å². The van der Waals surface area contributed by atoms with E-state index in [1.54, 1.807) is 0 Å². The number of thiocarbonyl (C=S) groups is 1. The van der Waals surface area contributed by atoms with Crippen LogP contribution in [-0.4, -0.2) is 29.3 Å². The van der Waals surface area contributed by atoms with E-state index in [1.807, 2.05) is 62.4 Å². The number of ether oxygens (including phenoxy) is 1.